The number of aliphatic hydroxyl groups is 1. The van der Waals surface area contributed by atoms with Crippen LogP contribution in [-0.4, -0.2) is 39.8 Å². The first-order valence-corrected chi connectivity index (χ1v) is 11.2. The molecule has 178 valence electrons. The average Bonchev–Trinajstić information content (AvgIpc) is 3.02. The summed E-state index contributed by atoms with van der Waals surface area (Å²) in [4.78, 5) is 49.9. The van der Waals surface area contributed by atoms with Gasteiger partial charge in [-0.3, -0.25) is 24.6 Å². The first-order chi connectivity index (χ1) is 16.0. The molecular weight excluding hydrogens is 436 g/mol. The van der Waals surface area contributed by atoms with Crippen molar-refractivity contribution in [1.82, 2.24) is 15.5 Å². The van der Waals surface area contributed by atoms with E-state index in [4.69, 9.17) is 0 Å². The number of benzene rings is 2. The predicted molar refractivity (Wildman–Crippen MR) is 125 cm³/mol. The highest BCUT2D eigenvalue weighted by Gasteiger charge is 2.44. The topological polar surface area (TPSA) is 128 Å². The maximum absolute atomic E-state index is 12.8. The largest absolute Gasteiger partial charge is 0.369 e. The molecular formula is C25H28N4O5. The lowest BCUT2D eigenvalue weighted by atomic mass is 9.87. The fraction of sp³-hybridized carbons (Fsp3) is 0.360. The molecule has 0 bridgehead atoms. The summed E-state index contributed by atoms with van der Waals surface area (Å²) in [5.74, 6) is -1.45. The molecule has 0 aliphatic carbocycles. The van der Waals surface area contributed by atoms with E-state index >= 15 is 0 Å². The number of nitrogens with zero attached hydrogens (tertiary/aromatic N) is 1. The summed E-state index contributed by atoms with van der Waals surface area (Å²) in [6.45, 7) is 6.53. The van der Waals surface area contributed by atoms with Gasteiger partial charge in [0, 0.05) is 29.8 Å². The number of urea groups is 1. The van der Waals surface area contributed by atoms with Gasteiger partial charge in [0.15, 0.2) is 6.23 Å². The highest BCUT2D eigenvalue weighted by molar-refractivity contribution is 6.05. The van der Waals surface area contributed by atoms with E-state index < -0.39 is 30.0 Å². The molecule has 0 radical (unpaired) electrons. The van der Waals surface area contributed by atoms with Gasteiger partial charge in [0.1, 0.15) is 6.04 Å². The molecule has 2 atom stereocenters. The van der Waals surface area contributed by atoms with Crippen molar-refractivity contribution in [2.24, 2.45) is 0 Å². The highest BCUT2D eigenvalue weighted by atomic mass is 16.3. The van der Waals surface area contributed by atoms with Crippen LogP contribution in [0.4, 0.5) is 10.5 Å². The van der Waals surface area contributed by atoms with E-state index in [9.17, 15) is 24.3 Å². The molecule has 2 aromatic rings. The maximum Gasteiger partial charge on any atom is 0.319 e. The van der Waals surface area contributed by atoms with Gasteiger partial charge in [0.05, 0.1) is 0 Å². The van der Waals surface area contributed by atoms with Gasteiger partial charge < -0.3 is 15.7 Å². The van der Waals surface area contributed by atoms with Crippen molar-refractivity contribution in [3.8, 4) is 0 Å². The minimum absolute atomic E-state index is 0.0219. The highest BCUT2D eigenvalue weighted by Crippen LogP contribution is 2.35. The molecule has 34 heavy (non-hydrogen) atoms. The summed E-state index contributed by atoms with van der Waals surface area (Å²) < 4.78 is 0. The number of piperidine rings is 1. The van der Waals surface area contributed by atoms with Crippen molar-refractivity contribution >= 4 is 29.4 Å². The second kappa shape index (κ2) is 8.90. The Morgan fingerprint density at radius 3 is 2.47 bits per heavy atom. The number of nitrogens with one attached hydrogen (secondary N) is 3. The lowest BCUT2D eigenvalue weighted by molar-refractivity contribution is -0.139. The van der Waals surface area contributed by atoms with Crippen LogP contribution in [0.15, 0.2) is 42.5 Å². The number of carbonyl (C=O) groups excluding carboxylic acids is 4. The lowest BCUT2D eigenvalue weighted by Crippen LogP contribution is -2.53. The third-order valence-electron chi connectivity index (χ3n) is 6.13. The molecule has 2 aromatic carbocycles. The van der Waals surface area contributed by atoms with Crippen LogP contribution < -0.4 is 16.0 Å². The van der Waals surface area contributed by atoms with Crippen molar-refractivity contribution in [3.63, 3.8) is 0 Å². The van der Waals surface area contributed by atoms with Gasteiger partial charge in [-0.05, 0) is 47.2 Å². The molecule has 0 saturated carbocycles. The Kier molecular flexibility index (Phi) is 6.14. The fourth-order valence-electron chi connectivity index (χ4n) is 4.20. The lowest BCUT2D eigenvalue weighted by Gasteiger charge is -2.31. The van der Waals surface area contributed by atoms with Crippen LogP contribution in [0.3, 0.4) is 0 Å². The van der Waals surface area contributed by atoms with Gasteiger partial charge >= 0.3 is 6.03 Å². The fourth-order valence-corrected chi connectivity index (χ4v) is 4.20. The quantitative estimate of drug-likeness (QED) is 0.517. The minimum atomic E-state index is -1.30. The van der Waals surface area contributed by atoms with E-state index in [1.54, 1.807) is 18.2 Å². The first-order valence-electron chi connectivity index (χ1n) is 11.2. The van der Waals surface area contributed by atoms with Crippen LogP contribution in [0, 0.1) is 0 Å². The number of imide groups is 1. The Bertz CT molecular complexity index is 1150. The Morgan fingerprint density at radius 2 is 1.82 bits per heavy atom. The summed E-state index contributed by atoms with van der Waals surface area (Å²) in [6.07, 6.45) is -1.04. The molecule has 2 aliphatic rings. The van der Waals surface area contributed by atoms with Gasteiger partial charge in [-0.25, -0.2) is 4.79 Å². The molecule has 2 aliphatic heterocycles. The van der Waals surface area contributed by atoms with E-state index in [0.29, 0.717) is 22.4 Å². The molecule has 9 heteroatoms. The molecule has 4 rings (SSSR count). The van der Waals surface area contributed by atoms with E-state index in [0.717, 1.165) is 10.5 Å². The number of anilines is 1. The number of amides is 5. The van der Waals surface area contributed by atoms with Gasteiger partial charge in [-0.1, -0.05) is 39.0 Å². The molecule has 4 N–H and O–H groups in total. The minimum Gasteiger partial charge on any atom is -0.369 e. The van der Waals surface area contributed by atoms with Crippen LogP contribution in [-0.2, 0) is 21.5 Å². The summed E-state index contributed by atoms with van der Waals surface area (Å²) in [5.41, 5.74) is 3.20. The molecule has 0 spiro atoms. The van der Waals surface area contributed by atoms with Gasteiger partial charge in [-0.2, -0.15) is 0 Å². The van der Waals surface area contributed by atoms with E-state index in [1.807, 2.05) is 24.3 Å². The zero-order valence-electron chi connectivity index (χ0n) is 19.3. The summed E-state index contributed by atoms with van der Waals surface area (Å²) in [7, 11) is 0. The normalized spacial score (nSPS) is 20.1. The van der Waals surface area contributed by atoms with Crippen molar-refractivity contribution in [2.45, 2.75) is 57.8 Å². The Hall–Kier alpha value is -3.72. The number of hydrogen-bond acceptors (Lipinski definition) is 5. The average molecular weight is 465 g/mol. The first kappa shape index (κ1) is 23.4. The second-order valence-electron chi connectivity index (χ2n) is 9.61. The molecule has 1 fully saturated rings. The van der Waals surface area contributed by atoms with Crippen LogP contribution in [0.2, 0.25) is 0 Å². The molecule has 0 aromatic heterocycles. The standard InChI is InChI=1S/C25H28N4O5/c1-25(2,3)15-5-7-16(8-6-15)27-24(34)26-13-14-4-9-17-18(12-14)23(33)29(22(17)32)19-10-11-20(30)28-21(19)31/h4-9,12,19,23,33H,10-11,13H2,1-3H3,(H2,26,27,34)(H,28,30,31). The van der Waals surface area contributed by atoms with Crippen LogP contribution in [0.1, 0.15) is 66.9 Å². The van der Waals surface area contributed by atoms with Gasteiger partial charge in [0.2, 0.25) is 11.8 Å². The van der Waals surface area contributed by atoms with Crippen LogP contribution in [0.5, 0.6) is 0 Å². The van der Waals surface area contributed by atoms with Crippen molar-refractivity contribution in [1.29, 1.82) is 0 Å². The van der Waals surface area contributed by atoms with Gasteiger partial charge in [0.25, 0.3) is 5.91 Å². The van der Waals surface area contributed by atoms with E-state index in [2.05, 4.69) is 36.7 Å². The Labute approximate surface area is 197 Å². The summed E-state index contributed by atoms with van der Waals surface area (Å²) >= 11 is 0. The predicted octanol–water partition coefficient (Wildman–Crippen LogP) is 2.56. The number of carbonyl (C=O) groups is 4. The van der Waals surface area contributed by atoms with Crippen molar-refractivity contribution in [2.75, 3.05) is 5.32 Å². The molecule has 9 nitrogen and oxygen atoms in total. The van der Waals surface area contributed by atoms with Crippen LogP contribution in [0.25, 0.3) is 0 Å². The molecule has 5 amide bonds. The third-order valence-corrected chi connectivity index (χ3v) is 6.13. The summed E-state index contributed by atoms with van der Waals surface area (Å²) in [6, 6.07) is 11.3. The van der Waals surface area contributed by atoms with E-state index in [-0.39, 0.29) is 30.8 Å². The molecule has 1 saturated heterocycles. The monoisotopic (exact) mass is 464 g/mol. The van der Waals surface area contributed by atoms with Crippen molar-refractivity contribution in [3.05, 3.63) is 64.7 Å². The van der Waals surface area contributed by atoms with Crippen molar-refractivity contribution < 1.29 is 24.3 Å². The Morgan fingerprint density at radius 1 is 1.12 bits per heavy atom. The summed E-state index contributed by atoms with van der Waals surface area (Å²) in [5, 5.41) is 18.5. The Balaban J connectivity index is 1.39. The molecule has 2 heterocycles. The van der Waals surface area contributed by atoms with Gasteiger partial charge in [-0.15, -0.1) is 0 Å². The zero-order chi connectivity index (χ0) is 24.6. The van der Waals surface area contributed by atoms with Crippen LogP contribution >= 0.6 is 0 Å². The smallest absolute Gasteiger partial charge is 0.319 e. The number of hydrogen-bond donors (Lipinski definition) is 4. The third kappa shape index (κ3) is 4.65. The second-order valence-corrected chi connectivity index (χ2v) is 9.61. The number of rotatable bonds is 4. The number of fused-ring (bicyclic) bond motifs is 1. The SMILES string of the molecule is CC(C)(C)c1ccc(NC(=O)NCc2ccc3c(c2)C(O)N(C2CCC(=O)NC2=O)C3=O)cc1. The maximum atomic E-state index is 12.8. The molecule has 2 unspecified atom stereocenters. The van der Waals surface area contributed by atoms with E-state index in [1.165, 1.54) is 0 Å². The number of aliphatic hydroxyl groups excluding tert-OH is 1. The zero-order valence-corrected chi connectivity index (χ0v) is 19.3.